The number of carbonyl (C=O) groups excluding carboxylic acids is 1. The zero-order valence-corrected chi connectivity index (χ0v) is 10.1. The van der Waals surface area contributed by atoms with E-state index in [0.717, 1.165) is 0 Å². The van der Waals surface area contributed by atoms with Crippen LogP contribution in [0.5, 0.6) is 0 Å². The van der Waals surface area contributed by atoms with Crippen molar-refractivity contribution < 1.29 is 9.53 Å². The van der Waals surface area contributed by atoms with Crippen molar-refractivity contribution >= 4 is 17.7 Å². The molecule has 0 spiro atoms. The second-order valence-electron chi connectivity index (χ2n) is 3.49. The number of carbonyl (C=O) groups is 1. The Bertz CT molecular complexity index is 485. The number of ether oxygens (including phenoxy) is 1. The van der Waals surface area contributed by atoms with Crippen LogP contribution < -0.4 is 5.32 Å². The Morgan fingerprint density at radius 1 is 1.53 bits per heavy atom. The number of hydrogen-bond acceptors (Lipinski definition) is 4. The number of nitrogens with zero attached hydrogens (tertiary/aromatic N) is 1. The molecule has 2 rings (SSSR count). The number of allylic oxidation sites excluding steroid dienone is 2. The standard InChI is InChI=1S/C12H12N2O2S/c1-16-12(10-6-2-3-7-13-10)9(11(15)17)5-4-8-14-12/h2-8,14H,1H3,(H,15,17)/t12-/m0/s1. The molecule has 0 saturated carbocycles. The van der Waals surface area contributed by atoms with Gasteiger partial charge in [-0.15, -0.1) is 12.6 Å². The quantitative estimate of drug-likeness (QED) is 0.794. The van der Waals surface area contributed by atoms with E-state index in [-0.39, 0.29) is 5.12 Å². The summed E-state index contributed by atoms with van der Waals surface area (Å²) in [5, 5.41) is 2.67. The molecule has 1 aliphatic rings. The average molecular weight is 248 g/mol. The van der Waals surface area contributed by atoms with Gasteiger partial charge in [0.2, 0.25) is 10.8 Å². The number of pyridine rings is 1. The molecular weight excluding hydrogens is 236 g/mol. The molecule has 2 heterocycles. The summed E-state index contributed by atoms with van der Waals surface area (Å²) in [5.74, 6) is 0. The highest BCUT2D eigenvalue weighted by molar-refractivity contribution is 7.97. The van der Waals surface area contributed by atoms with Gasteiger partial charge in [-0.3, -0.25) is 9.78 Å². The largest absolute Gasteiger partial charge is 0.355 e. The minimum absolute atomic E-state index is 0.352. The van der Waals surface area contributed by atoms with Crippen LogP contribution in [0, 0.1) is 0 Å². The predicted molar refractivity (Wildman–Crippen MR) is 67.3 cm³/mol. The van der Waals surface area contributed by atoms with Crippen LogP contribution in [0.4, 0.5) is 0 Å². The summed E-state index contributed by atoms with van der Waals surface area (Å²) < 4.78 is 5.48. The molecule has 0 radical (unpaired) electrons. The van der Waals surface area contributed by atoms with Crippen molar-refractivity contribution in [3.63, 3.8) is 0 Å². The number of hydrogen-bond donors (Lipinski definition) is 2. The number of thiol groups is 1. The first-order valence-electron chi connectivity index (χ1n) is 5.05. The van der Waals surface area contributed by atoms with Crippen LogP contribution in [0.2, 0.25) is 0 Å². The summed E-state index contributed by atoms with van der Waals surface area (Å²) >= 11 is 3.87. The van der Waals surface area contributed by atoms with Crippen LogP contribution >= 0.6 is 12.6 Å². The fourth-order valence-electron chi connectivity index (χ4n) is 1.78. The molecule has 1 aromatic heterocycles. The highest BCUT2D eigenvalue weighted by Gasteiger charge is 2.40. The van der Waals surface area contributed by atoms with Crippen molar-refractivity contribution in [3.8, 4) is 0 Å². The fourth-order valence-corrected chi connectivity index (χ4v) is 2.02. The summed E-state index contributed by atoms with van der Waals surface area (Å²) in [6, 6.07) is 5.43. The van der Waals surface area contributed by atoms with Gasteiger partial charge in [-0.1, -0.05) is 6.07 Å². The highest BCUT2D eigenvalue weighted by atomic mass is 32.1. The zero-order valence-electron chi connectivity index (χ0n) is 9.25. The maximum Gasteiger partial charge on any atom is 0.217 e. The lowest BCUT2D eigenvalue weighted by Gasteiger charge is -2.34. The van der Waals surface area contributed by atoms with E-state index in [1.165, 1.54) is 7.11 Å². The Morgan fingerprint density at radius 3 is 2.94 bits per heavy atom. The molecule has 1 N–H and O–H groups in total. The Kier molecular flexibility index (Phi) is 3.31. The minimum atomic E-state index is -1.06. The minimum Gasteiger partial charge on any atom is -0.355 e. The van der Waals surface area contributed by atoms with Crippen LogP contribution in [-0.4, -0.2) is 17.2 Å². The van der Waals surface area contributed by atoms with Gasteiger partial charge in [0.15, 0.2) is 0 Å². The molecule has 0 bridgehead atoms. The Morgan fingerprint density at radius 2 is 2.35 bits per heavy atom. The number of nitrogens with one attached hydrogen (secondary N) is 1. The van der Waals surface area contributed by atoms with Crippen LogP contribution in [0.15, 0.2) is 48.3 Å². The molecule has 0 aliphatic carbocycles. The maximum atomic E-state index is 11.6. The lowest BCUT2D eigenvalue weighted by atomic mass is 9.96. The van der Waals surface area contributed by atoms with Crippen molar-refractivity contribution in [1.82, 2.24) is 10.3 Å². The zero-order chi connectivity index (χ0) is 12.3. The fraction of sp³-hybridized carbons (Fsp3) is 0.167. The third-order valence-electron chi connectivity index (χ3n) is 2.59. The molecule has 1 atom stereocenters. The lowest BCUT2D eigenvalue weighted by molar-refractivity contribution is -0.111. The summed E-state index contributed by atoms with van der Waals surface area (Å²) in [7, 11) is 1.52. The van der Waals surface area contributed by atoms with E-state index in [1.807, 2.05) is 6.07 Å². The van der Waals surface area contributed by atoms with Crippen molar-refractivity contribution in [1.29, 1.82) is 0 Å². The van der Waals surface area contributed by atoms with E-state index in [1.54, 1.807) is 36.7 Å². The smallest absolute Gasteiger partial charge is 0.217 e. The molecule has 1 aromatic rings. The van der Waals surface area contributed by atoms with Gasteiger partial charge in [0, 0.05) is 13.3 Å². The van der Waals surface area contributed by atoms with E-state index in [0.29, 0.717) is 11.3 Å². The Hall–Kier alpha value is -1.59. The number of rotatable bonds is 3. The van der Waals surface area contributed by atoms with Crippen molar-refractivity contribution in [2.75, 3.05) is 7.11 Å². The first kappa shape index (κ1) is 11.9. The summed E-state index contributed by atoms with van der Waals surface area (Å²) in [4.78, 5) is 15.8. The number of dihydropyridines is 1. The molecule has 0 saturated heterocycles. The van der Waals surface area contributed by atoms with Gasteiger partial charge in [-0.05, 0) is 30.5 Å². The molecule has 4 nitrogen and oxygen atoms in total. The second-order valence-corrected chi connectivity index (χ2v) is 3.90. The topological polar surface area (TPSA) is 51.2 Å². The summed E-state index contributed by atoms with van der Waals surface area (Å²) in [6.07, 6.45) is 6.75. The van der Waals surface area contributed by atoms with E-state index < -0.39 is 5.72 Å². The van der Waals surface area contributed by atoms with Gasteiger partial charge < -0.3 is 10.1 Å². The van der Waals surface area contributed by atoms with Crippen LogP contribution in [0.3, 0.4) is 0 Å². The molecule has 17 heavy (non-hydrogen) atoms. The van der Waals surface area contributed by atoms with E-state index >= 15 is 0 Å². The van der Waals surface area contributed by atoms with Crippen LogP contribution in [0.1, 0.15) is 5.69 Å². The maximum absolute atomic E-state index is 11.6. The average Bonchev–Trinajstić information content (AvgIpc) is 2.39. The molecule has 0 amide bonds. The monoisotopic (exact) mass is 248 g/mol. The van der Waals surface area contributed by atoms with Crippen molar-refractivity contribution in [2.45, 2.75) is 5.72 Å². The Balaban J connectivity index is 2.55. The third-order valence-corrected chi connectivity index (χ3v) is 2.83. The normalized spacial score (nSPS) is 22.8. The van der Waals surface area contributed by atoms with Crippen molar-refractivity contribution in [2.24, 2.45) is 0 Å². The van der Waals surface area contributed by atoms with Gasteiger partial charge in [0.1, 0.15) is 0 Å². The van der Waals surface area contributed by atoms with E-state index in [4.69, 9.17) is 4.74 Å². The van der Waals surface area contributed by atoms with E-state index in [2.05, 4.69) is 22.9 Å². The van der Waals surface area contributed by atoms with Gasteiger partial charge in [0.05, 0.1) is 11.3 Å². The van der Waals surface area contributed by atoms with Gasteiger partial charge in [0.25, 0.3) is 0 Å². The molecule has 88 valence electrons. The first-order chi connectivity index (χ1) is 8.20. The molecule has 0 aromatic carbocycles. The molecular formula is C12H12N2O2S. The van der Waals surface area contributed by atoms with Gasteiger partial charge >= 0.3 is 0 Å². The summed E-state index contributed by atoms with van der Waals surface area (Å²) in [5.41, 5.74) is -0.0421. The highest BCUT2D eigenvalue weighted by Crippen LogP contribution is 2.32. The van der Waals surface area contributed by atoms with Gasteiger partial charge in [-0.2, -0.15) is 0 Å². The molecule has 0 unspecified atom stereocenters. The number of methoxy groups -OCH3 is 1. The first-order valence-corrected chi connectivity index (χ1v) is 5.50. The third kappa shape index (κ3) is 1.99. The van der Waals surface area contributed by atoms with Gasteiger partial charge in [-0.25, -0.2) is 0 Å². The number of aromatic nitrogens is 1. The lowest BCUT2D eigenvalue weighted by Crippen LogP contribution is -2.46. The predicted octanol–water partition coefficient (Wildman–Crippen LogP) is 1.38. The molecule has 0 fully saturated rings. The van der Waals surface area contributed by atoms with E-state index in [9.17, 15) is 4.79 Å². The molecule has 5 heteroatoms. The van der Waals surface area contributed by atoms with Crippen LogP contribution in [-0.2, 0) is 15.3 Å². The van der Waals surface area contributed by atoms with Crippen molar-refractivity contribution in [3.05, 3.63) is 54.0 Å². The van der Waals surface area contributed by atoms with Crippen LogP contribution in [0.25, 0.3) is 0 Å². The molecule has 1 aliphatic heterocycles. The Labute approximate surface area is 105 Å². The SMILES string of the molecule is CO[C@@]1(c2ccccn2)NC=CC=C1C(=O)S. The summed E-state index contributed by atoms with van der Waals surface area (Å²) in [6.45, 7) is 0. The second kappa shape index (κ2) is 4.73.